The highest BCUT2D eigenvalue weighted by Crippen LogP contribution is 2.18. The third-order valence-electron chi connectivity index (χ3n) is 2.59. The Kier molecular flexibility index (Phi) is 4.08. The number of hydrogen-bond donors (Lipinski definition) is 1. The van der Waals surface area contributed by atoms with Gasteiger partial charge in [0.05, 0.1) is 17.4 Å². The summed E-state index contributed by atoms with van der Waals surface area (Å²) in [7, 11) is 0. The molecule has 0 aliphatic carbocycles. The zero-order chi connectivity index (χ0) is 14.7. The molecule has 1 atom stereocenters. The van der Waals surface area contributed by atoms with Crippen LogP contribution >= 0.6 is 11.3 Å². The molecule has 0 aliphatic heterocycles. The van der Waals surface area contributed by atoms with E-state index in [2.05, 4.69) is 15.4 Å². The van der Waals surface area contributed by atoms with Crippen molar-refractivity contribution in [2.24, 2.45) is 5.92 Å². The lowest BCUT2D eigenvalue weighted by Crippen LogP contribution is -2.24. The summed E-state index contributed by atoms with van der Waals surface area (Å²) in [6.07, 6.45) is 4.15. The van der Waals surface area contributed by atoms with Gasteiger partial charge < -0.3 is 5.32 Å². The van der Waals surface area contributed by atoms with Crippen molar-refractivity contribution in [3.8, 4) is 0 Å². The normalized spacial score (nSPS) is 12.1. The highest BCUT2D eigenvalue weighted by atomic mass is 32.1. The molecule has 1 unspecified atom stereocenters. The first kappa shape index (κ1) is 14.1. The van der Waals surface area contributed by atoms with Crippen LogP contribution in [0.1, 0.15) is 11.8 Å². The zero-order valence-corrected chi connectivity index (χ0v) is 11.8. The maximum atomic E-state index is 11.9. The van der Waals surface area contributed by atoms with Crippen molar-refractivity contribution in [2.45, 2.75) is 20.4 Å². The molecule has 0 spiro atoms. The van der Waals surface area contributed by atoms with E-state index in [1.54, 1.807) is 13.1 Å². The highest BCUT2D eigenvalue weighted by Gasteiger charge is 2.17. The number of nitro groups is 1. The molecule has 0 aromatic carbocycles. The predicted octanol–water partition coefficient (Wildman–Crippen LogP) is 1.83. The van der Waals surface area contributed by atoms with E-state index >= 15 is 0 Å². The Morgan fingerprint density at radius 2 is 2.35 bits per heavy atom. The number of nitrogens with zero attached hydrogens (tertiary/aromatic N) is 4. The SMILES string of the molecule is Cc1cnc(NC(=O)C(C)Cn2cc([N+](=O)[O-])cn2)s1. The second-order valence-electron chi connectivity index (χ2n) is 4.34. The third kappa shape index (κ3) is 3.38. The van der Waals surface area contributed by atoms with E-state index in [1.165, 1.54) is 22.2 Å². The monoisotopic (exact) mass is 295 g/mol. The maximum Gasteiger partial charge on any atom is 0.306 e. The van der Waals surface area contributed by atoms with Crippen molar-refractivity contribution in [2.75, 3.05) is 5.32 Å². The molecule has 2 aromatic rings. The first-order chi connectivity index (χ1) is 9.45. The van der Waals surface area contributed by atoms with Gasteiger partial charge >= 0.3 is 5.69 Å². The van der Waals surface area contributed by atoms with Gasteiger partial charge in [0.15, 0.2) is 5.13 Å². The number of carbonyl (C=O) groups excluding carboxylic acids is 1. The largest absolute Gasteiger partial charge is 0.306 e. The van der Waals surface area contributed by atoms with E-state index in [9.17, 15) is 14.9 Å². The van der Waals surface area contributed by atoms with Crippen LogP contribution < -0.4 is 5.32 Å². The van der Waals surface area contributed by atoms with Crippen LogP contribution in [0, 0.1) is 23.0 Å². The van der Waals surface area contributed by atoms with Crippen LogP contribution in [0.15, 0.2) is 18.6 Å². The van der Waals surface area contributed by atoms with Gasteiger partial charge in [0.2, 0.25) is 5.91 Å². The van der Waals surface area contributed by atoms with Crippen molar-refractivity contribution in [3.05, 3.63) is 33.6 Å². The minimum Gasteiger partial charge on any atom is -0.302 e. The van der Waals surface area contributed by atoms with Gasteiger partial charge in [-0.05, 0) is 6.92 Å². The first-order valence-electron chi connectivity index (χ1n) is 5.86. The van der Waals surface area contributed by atoms with E-state index in [0.29, 0.717) is 5.13 Å². The molecule has 0 fully saturated rings. The smallest absolute Gasteiger partial charge is 0.302 e. The lowest BCUT2D eigenvalue weighted by molar-refractivity contribution is -0.385. The number of nitrogens with one attached hydrogen (secondary N) is 1. The van der Waals surface area contributed by atoms with Gasteiger partial charge in [-0.15, -0.1) is 11.3 Å². The van der Waals surface area contributed by atoms with E-state index in [1.807, 2.05) is 6.92 Å². The van der Waals surface area contributed by atoms with Crippen molar-refractivity contribution in [1.82, 2.24) is 14.8 Å². The molecule has 2 heterocycles. The minimum absolute atomic E-state index is 0.0897. The van der Waals surface area contributed by atoms with Gasteiger partial charge in [0.1, 0.15) is 12.4 Å². The van der Waals surface area contributed by atoms with Crippen molar-refractivity contribution in [3.63, 3.8) is 0 Å². The number of anilines is 1. The highest BCUT2D eigenvalue weighted by molar-refractivity contribution is 7.15. The third-order valence-corrected chi connectivity index (χ3v) is 3.42. The summed E-state index contributed by atoms with van der Waals surface area (Å²) in [4.78, 5) is 27.0. The first-order valence-corrected chi connectivity index (χ1v) is 6.67. The van der Waals surface area contributed by atoms with Gasteiger partial charge in [-0.25, -0.2) is 4.98 Å². The summed E-state index contributed by atoms with van der Waals surface area (Å²) >= 11 is 1.39. The molecule has 0 saturated carbocycles. The Morgan fingerprint density at radius 3 is 2.90 bits per heavy atom. The van der Waals surface area contributed by atoms with E-state index in [4.69, 9.17) is 0 Å². The van der Waals surface area contributed by atoms with Crippen LogP contribution in [0.3, 0.4) is 0 Å². The Balaban J connectivity index is 1.94. The number of hydrogen-bond acceptors (Lipinski definition) is 6. The molecule has 0 aliphatic rings. The van der Waals surface area contributed by atoms with Gasteiger partial charge in [0, 0.05) is 11.1 Å². The molecule has 2 aromatic heterocycles. The molecule has 9 heteroatoms. The van der Waals surface area contributed by atoms with E-state index in [0.717, 1.165) is 11.1 Å². The second-order valence-corrected chi connectivity index (χ2v) is 5.58. The zero-order valence-electron chi connectivity index (χ0n) is 10.9. The maximum absolute atomic E-state index is 11.9. The van der Waals surface area contributed by atoms with E-state index in [-0.39, 0.29) is 24.1 Å². The fraction of sp³-hybridized carbons (Fsp3) is 0.364. The Hall–Kier alpha value is -2.29. The Labute approximate surface area is 118 Å². The average molecular weight is 295 g/mol. The van der Waals surface area contributed by atoms with Crippen LogP contribution in [-0.4, -0.2) is 25.6 Å². The lowest BCUT2D eigenvalue weighted by atomic mass is 10.1. The van der Waals surface area contributed by atoms with Gasteiger partial charge in [-0.3, -0.25) is 19.6 Å². The number of aryl methyl sites for hydroxylation is 1. The Morgan fingerprint density at radius 1 is 1.60 bits per heavy atom. The Bertz CT molecular complexity index is 636. The molecule has 1 amide bonds. The molecule has 0 radical (unpaired) electrons. The lowest BCUT2D eigenvalue weighted by Gasteiger charge is -2.10. The molecular formula is C11H13N5O3S. The molecule has 2 rings (SSSR count). The van der Waals surface area contributed by atoms with Crippen LogP contribution in [0.5, 0.6) is 0 Å². The average Bonchev–Trinajstić information content (AvgIpc) is 2.98. The summed E-state index contributed by atoms with van der Waals surface area (Å²) < 4.78 is 1.38. The number of rotatable bonds is 5. The topological polar surface area (TPSA) is 103 Å². The second kappa shape index (κ2) is 5.78. The molecule has 20 heavy (non-hydrogen) atoms. The number of amides is 1. The number of carbonyl (C=O) groups is 1. The van der Waals surface area contributed by atoms with E-state index < -0.39 is 4.92 Å². The predicted molar refractivity (Wildman–Crippen MR) is 73.5 cm³/mol. The fourth-order valence-electron chi connectivity index (χ4n) is 1.55. The van der Waals surface area contributed by atoms with Crippen molar-refractivity contribution < 1.29 is 9.72 Å². The van der Waals surface area contributed by atoms with Crippen LogP contribution in [0.4, 0.5) is 10.8 Å². The summed E-state index contributed by atoms with van der Waals surface area (Å²) in [6, 6.07) is 0. The molecule has 1 N–H and O–H groups in total. The molecule has 106 valence electrons. The molecule has 0 bridgehead atoms. The van der Waals surface area contributed by atoms with Gasteiger partial charge in [-0.2, -0.15) is 5.10 Å². The minimum atomic E-state index is -0.521. The molecule has 8 nitrogen and oxygen atoms in total. The van der Waals surface area contributed by atoms with Crippen LogP contribution in [-0.2, 0) is 11.3 Å². The summed E-state index contributed by atoms with van der Waals surface area (Å²) in [5, 5.41) is 17.6. The summed E-state index contributed by atoms with van der Waals surface area (Å²) in [5.74, 6) is -0.573. The molecule has 0 saturated heterocycles. The summed E-state index contributed by atoms with van der Waals surface area (Å²) in [6.45, 7) is 3.90. The van der Waals surface area contributed by atoms with Crippen LogP contribution in [0.2, 0.25) is 0 Å². The van der Waals surface area contributed by atoms with Crippen molar-refractivity contribution in [1.29, 1.82) is 0 Å². The van der Waals surface area contributed by atoms with Crippen LogP contribution in [0.25, 0.3) is 0 Å². The fourth-order valence-corrected chi connectivity index (χ4v) is 2.22. The molecular weight excluding hydrogens is 282 g/mol. The summed E-state index contributed by atoms with van der Waals surface area (Å²) in [5.41, 5.74) is -0.0897. The van der Waals surface area contributed by atoms with Crippen molar-refractivity contribution >= 4 is 28.1 Å². The standard InChI is InChI=1S/C11H13N5O3S/c1-7(5-15-6-9(4-13-15)16(18)19)10(17)14-11-12-3-8(2)20-11/h3-4,6-7H,5H2,1-2H3,(H,12,14,17). The number of thiazole rings is 1. The van der Waals surface area contributed by atoms with Gasteiger partial charge in [-0.1, -0.05) is 6.92 Å². The van der Waals surface area contributed by atoms with Gasteiger partial charge in [0.25, 0.3) is 0 Å². The quantitative estimate of drug-likeness (QED) is 0.669. The number of aromatic nitrogens is 3.